The first-order chi connectivity index (χ1) is 15.6. The van der Waals surface area contributed by atoms with Gasteiger partial charge in [0.15, 0.2) is 0 Å². The first-order valence-corrected chi connectivity index (χ1v) is 12.4. The van der Waals surface area contributed by atoms with E-state index in [4.69, 9.17) is 15.3 Å². The van der Waals surface area contributed by atoms with Crippen LogP contribution in [0.2, 0.25) is 0 Å². The standard InChI is InChI=1S/C12H11O2P.C7H6O2.C7H16O2/c13-15(14,11-7-3-1-4-8-11)12-9-5-2-6-10-12;8-7(9)6-4-2-1-3-5-6;1-4-7(5(2)8)6(3)9/h1-10H,(H,13,14);1-5H,(H,8,9);5-9H,4H2,1-3H3. The van der Waals surface area contributed by atoms with Gasteiger partial charge in [-0.05, 0) is 56.7 Å². The first kappa shape index (κ1) is 28.3. The molecular formula is C26H33O6P. The molecular weight excluding hydrogens is 439 g/mol. The number of carboxylic acid groups (broad SMARTS) is 1. The highest BCUT2D eigenvalue weighted by Gasteiger charge is 2.22. The first-order valence-electron chi connectivity index (χ1n) is 10.7. The van der Waals surface area contributed by atoms with E-state index in [1.54, 1.807) is 92.7 Å². The normalized spacial score (nSPS) is 13.3. The van der Waals surface area contributed by atoms with Crippen molar-refractivity contribution in [2.24, 2.45) is 5.92 Å². The number of carbonyl (C=O) groups is 1. The summed E-state index contributed by atoms with van der Waals surface area (Å²) < 4.78 is 12.2. The van der Waals surface area contributed by atoms with Gasteiger partial charge < -0.3 is 20.2 Å². The van der Waals surface area contributed by atoms with Crippen molar-refractivity contribution in [3.63, 3.8) is 0 Å². The summed E-state index contributed by atoms with van der Waals surface area (Å²) in [6.45, 7) is 5.38. The molecule has 4 N–H and O–H groups in total. The van der Waals surface area contributed by atoms with Crippen LogP contribution in [0.3, 0.4) is 0 Å². The second-order valence-corrected chi connectivity index (χ2v) is 9.66. The molecule has 0 aliphatic heterocycles. The molecule has 0 aliphatic rings. The topological polar surface area (TPSA) is 115 Å². The second-order valence-electron chi connectivity index (χ2n) is 7.47. The molecule has 0 saturated carbocycles. The van der Waals surface area contributed by atoms with Crippen LogP contribution in [0.25, 0.3) is 0 Å². The average molecular weight is 473 g/mol. The third kappa shape index (κ3) is 9.72. The minimum atomic E-state index is -3.40. The van der Waals surface area contributed by atoms with Crippen molar-refractivity contribution in [3.05, 3.63) is 96.6 Å². The van der Waals surface area contributed by atoms with Gasteiger partial charge in [-0.25, -0.2) is 4.79 Å². The predicted octanol–water partition coefficient (Wildman–Crippen LogP) is 4.07. The summed E-state index contributed by atoms with van der Waals surface area (Å²) in [7, 11) is -3.40. The van der Waals surface area contributed by atoms with E-state index in [1.807, 2.05) is 19.1 Å². The summed E-state index contributed by atoms with van der Waals surface area (Å²) in [6, 6.07) is 25.7. The lowest BCUT2D eigenvalue weighted by atomic mass is 9.95. The van der Waals surface area contributed by atoms with Gasteiger partial charge in [0.1, 0.15) is 0 Å². The molecule has 0 spiro atoms. The van der Waals surface area contributed by atoms with Crippen LogP contribution in [-0.2, 0) is 4.57 Å². The van der Waals surface area contributed by atoms with Gasteiger partial charge >= 0.3 is 5.97 Å². The Kier molecular flexibility index (Phi) is 12.3. The SMILES string of the molecule is CCC(C(C)O)C(C)O.O=C(O)c1ccccc1.O=P(O)(c1ccccc1)c1ccccc1. The van der Waals surface area contributed by atoms with Crippen molar-refractivity contribution in [1.29, 1.82) is 0 Å². The van der Waals surface area contributed by atoms with E-state index in [9.17, 15) is 14.3 Å². The Labute approximate surface area is 195 Å². The van der Waals surface area contributed by atoms with E-state index in [-0.39, 0.29) is 5.92 Å². The Balaban J connectivity index is 0.000000264. The Morgan fingerprint density at radius 2 is 1.09 bits per heavy atom. The number of aliphatic hydroxyl groups is 2. The zero-order chi connectivity index (χ0) is 24.9. The highest BCUT2D eigenvalue weighted by molar-refractivity contribution is 7.73. The van der Waals surface area contributed by atoms with Gasteiger partial charge in [-0.1, -0.05) is 61.5 Å². The van der Waals surface area contributed by atoms with Gasteiger partial charge in [0.05, 0.1) is 17.8 Å². The number of hydrogen-bond donors (Lipinski definition) is 4. The summed E-state index contributed by atoms with van der Waals surface area (Å²) in [5.41, 5.74) is 0.331. The molecule has 33 heavy (non-hydrogen) atoms. The molecule has 2 unspecified atom stereocenters. The van der Waals surface area contributed by atoms with Gasteiger partial charge in [0, 0.05) is 16.5 Å². The fraction of sp³-hybridized carbons (Fsp3) is 0.269. The summed E-state index contributed by atoms with van der Waals surface area (Å²) in [5.74, 6) is -0.847. The quantitative estimate of drug-likeness (QED) is 0.402. The molecule has 0 radical (unpaired) electrons. The van der Waals surface area contributed by atoms with Crippen molar-refractivity contribution < 1.29 is 29.6 Å². The smallest absolute Gasteiger partial charge is 0.335 e. The van der Waals surface area contributed by atoms with Crippen molar-refractivity contribution in [2.45, 2.75) is 39.4 Å². The lowest BCUT2D eigenvalue weighted by Gasteiger charge is -2.20. The lowest BCUT2D eigenvalue weighted by molar-refractivity contribution is 0.0299. The number of aliphatic hydroxyl groups excluding tert-OH is 2. The molecule has 0 amide bonds. The molecule has 0 aliphatic carbocycles. The fourth-order valence-corrected chi connectivity index (χ4v) is 4.53. The largest absolute Gasteiger partial charge is 0.478 e. The molecule has 0 saturated heterocycles. The number of aromatic carboxylic acids is 1. The van der Waals surface area contributed by atoms with Crippen LogP contribution in [0.5, 0.6) is 0 Å². The minimum Gasteiger partial charge on any atom is -0.478 e. The Hall–Kier alpha value is -2.76. The summed E-state index contributed by atoms with van der Waals surface area (Å²) in [4.78, 5) is 20.2. The number of hydrogen-bond acceptors (Lipinski definition) is 4. The van der Waals surface area contributed by atoms with Crippen molar-refractivity contribution in [2.75, 3.05) is 0 Å². The van der Waals surface area contributed by atoms with E-state index in [0.717, 1.165) is 6.42 Å². The summed E-state index contributed by atoms with van der Waals surface area (Å²) in [5, 5.41) is 27.4. The maximum absolute atomic E-state index is 12.2. The molecule has 7 heteroatoms. The van der Waals surface area contributed by atoms with E-state index < -0.39 is 25.5 Å². The monoisotopic (exact) mass is 472 g/mol. The lowest BCUT2D eigenvalue weighted by Crippen LogP contribution is -2.26. The Morgan fingerprint density at radius 1 is 0.758 bits per heavy atom. The molecule has 0 aromatic heterocycles. The molecule has 0 fully saturated rings. The van der Waals surface area contributed by atoms with E-state index in [0.29, 0.717) is 16.2 Å². The molecule has 2 atom stereocenters. The average Bonchev–Trinajstić information content (AvgIpc) is 2.81. The molecule has 3 rings (SSSR count). The summed E-state index contributed by atoms with van der Waals surface area (Å²) in [6.07, 6.45) is 0.0417. The highest BCUT2D eigenvalue weighted by atomic mass is 31.2. The number of benzene rings is 3. The predicted molar refractivity (Wildman–Crippen MR) is 133 cm³/mol. The van der Waals surface area contributed by atoms with E-state index in [1.165, 1.54) is 0 Å². The maximum atomic E-state index is 12.2. The Bertz CT molecular complexity index is 924. The zero-order valence-corrected chi connectivity index (χ0v) is 20.0. The zero-order valence-electron chi connectivity index (χ0n) is 19.2. The number of carboxylic acids is 1. The second kappa shape index (κ2) is 14.4. The van der Waals surface area contributed by atoms with Crippen LogP contribution in [0.15, 0.2) is 91.0 Å². The molecule has 0 heterocycles. The van der Waals surface area contributed by atoms with Gasteiger partial charge in [-0.2, -0.15) is 0 Å². The molecule has 178 valence electrons. The highest BCUT2D eigenvalue weighted by Crippen LogP contribution is 2.37. The van der Waals surface area contributed by atoms with Crippen molar-refractivity contribution >= 4 is 23.9 Å². The third-order valence-electron chi connectivity index (χ3n) is 4.94. The van der Waals surface area contributed by atoms with Crippen LogP contribution in [0.1, 0.15) is 37.6 Å². The van der Waals surface area contributed by atoms with Gasteiger partial charge in [-0.15, -0.1) is 0 Å². The van der Waals surface area contributed by atoms with Crippen LogP contribution < -0.4 is 10.6 Å². The molecule has 3 aromatic rings. The molecule has 6 nitrogen and oxygen atoms in total. The number of rotatable bonds is 6. The van der Waals surface area contributed by atoms with E-state index >= 15 is 0 Å². The van der Waals surface area contributed by atoms with Crippen LogP contribution in [0.4, 0.5) is 0 Å². The van der Waals surface area contributed by atoms with Crippen molar-refractivity contribution in [3.8, 4) is 0 Å². The third-order valence-corrected chi connectivity index (χ3v) is 6.94. The van der Waals surface area contributed by atoms with Crippen LogP contribution in [0, 0.1) is 5.92 Å². The van der Waals surface area contributed by atoms with Gasteiger partial charge in [-0.3, -0.25) is 4.57 Å². The maximum Gasteiger partial charge on any atom is 0.335 e. The van der Waals surface area contributed by atoms with Crippen molar-refractivity contribution in [1.82, 2.24) is 0 Å². The van der Waals surface area contributed by atoms with Gasteiger partial charge in [0.2, 0.25) is 0 Å². The summed E-state index contributed by atoms with van der Waals surface area (Å²) >= 11 is 0. The molecule has 3 aromatic carbocycles. The van der Waals surface area contributed by atoms with Crippen LogP contribution >= 0.6 is 7.37 Å². The molecule has 0 bridgehead atoms. The van der Waals surface area contributed by atoms with Gasteiger partial charge in [0.25, 0.3) is 7.37 Å². The van der Waals surface area contributed by atoms with E-state index in [2.05, 4.69) is 0 Å². The minimum absolute atomic E-state index is 0.0324. The van der Waals surface area contributed by atoms with Crippen LogP contribution in [-0.4, -0.2) is 38.4 Å². The Morgan fingerprint density at radius 3 is 1.30 bits per heavy atom. The fourth-order valence-electron chi connectivity index (χ4n) is 3.08.